The van der Waals surface area contributed by atoms with Gasteiger partial charge in [0.25, 0.3) is 11.7 Å². The van der Waals surface area contributed by atoms with Crippen LogP contribution in [0.15, 0.2) is 54.6 Å². The van der Waals surface area contributed by atoms with Crippen molar-refractivity contribution in [2.24, 2.45) is 0 Å². The van der Waals surface area contributed by atoms with Crippen molar-refractivity contribution in [3.05, 3.63) is 71.4 Å². The van der Waals surface area contributed by atoms with Gasteiger partial charge in [0.1, 0.15) is 0 Å². The molecule has 1 atom stereocenters. The zero-order valence-corrected chi connectivity index (χ0v) is 13.1. The average molecular weight is 306 g/mol. The van der Waals surface area contributed by atoms with Gasteiger partial charge in [0.05, 0.1) is 11.6 Å². The van der Waals surface area contributed by atoms with E-state index in [0.29, 0.717) is 11.3 Å². The number of benzene rings is 2. The van der Waals surface area contributed by atoms with E-state index in [-0.39, 0.29) is 6.04 Å². The highest BCUT2D eigenvalue weighted by molar-refractivity contribution is 6.45. The van der Waals surface area contributed by atoms with Crippen molar-refractivity contribution < 1.29 is 9.59 Å². The van der Waals surface area contributed by atoms with Crippen molar-refractivity contribution in [2.75, 3.05) is 0 Å². The molecule has 0 spiro atoms. The van der Waals surface area contributed by atoms with Crippen molar-refractivity contribution in [1.29, 1.82) is 0 Å². The molecule has 2 aromatic carbocycles. The number of para-hydroxylation sites is 1. The molecule has 116 valence electrons. The summed E-state index contributed by atoms with van der Waals surface area (Å²) >= 11 is 0. The summed E-state index contributed by atoms with van der Waals surface area (Å²) < 4.78 is 0. The minimum absolute atomic E-state index is 0.224. The summed E-state index contributed by atoms with van der Waals surface area (Å²) in [7, 11) is 0. The van der Waals surface area contributed by atoms with Gasteiger partial charge in [-0.2, -0.15) is 0 Å². The molecule has 2 N–H and O–H groups in total. The van der Waals surface area contributed by atoms with Gasteiger partial charge >= 0.3 is 0 Å². The number of aromatic amines is 1. The topological polar surface area (TPSA) is 62.0 Å². The minimum Gasteiger partial charge on any atom is -0.358 e. The zero-order chi connectivity index (χ0) is 16.4. The summed E-state index contributed by atoms with van der Waals surface area (Å²) in [5.41, 5.74) is 2.97. The number of hydrogen-bond acceptors (Lipinski definition) is 2. The van der Waals surface area contributed by atoms with E-state index in [1.54, 1.807) is 6.92 Å². The number of nitrogens with one attached hydrogen (secondary N) is 2. The van der Waals surface area contributed by atoms with Gasteiger partial charge in [-0.05, 0) is 25.5 Å². The van der Waals surface area contributed by atoms with Crippen LogP contribution in [-0.4, -0.2) is 16.7 Å². The predicted molar refractivity (Wildman–Crippen MR) is 90.4 cm³/mol. The Labute approximate surface area is 134 Å². The molecule has 0 bridgehead atoms. The van der Waals surface area contributed by atoms with Gasteiger partial charge < -0.3 is 10.3 Å². The van der Waals surface area contributed by atoms with Crippen LogP contribution in [0.25, 0.3) is 10.9 Å². The first-order valence-corrected chi connectivity index (χ1v) is 7.55. The van der Waals surface area contributed by atoms with Crippen molar-refractivity contribution in [3.8, 4) is 0 Å². The number of amides is 1. The fourth-order valence-electron chi connectivity index (χ4n) is 2.77. The zero-order valence-electron chi connectivity index (χ0n) is 13.1. The van der Waals surface area contributed by atoms with E-state index in [1.807, 2.05) is 61.5 Å². The average Bonchev–Trinajstić information content (AvgIpc) is 2.90. The smallest absolute Gasteiger partial charge is 0.292 e. The van der Waals surface area contributed by atoms with Gasteiger partial charge in [-0.1, -0.05) is 48.5 Å². The molecule has 0 saturated heterocycles. The third-order valence-corrected chi connectivity index (χ3v) is 3.97. The Hall–Kier alpha value is -2.88. The molecule has 0 aliphatic heterocycles. The van der Waals surface area contributed by atoms with Crippen LogP contribution in [0.3, 0.4) is 0 Å². The Bertz CT molecular complexity index is 865. The molecule has 23 heavy (non-hydrogen) atoms. The second-order valence-corrected chi connectivity index (χ2v) is 5.61. The summed E-state index contributed by atoms with van der Waals surface area (Å²) in [5, 5.41) is 3.55. The van der Waals surface area contributed by atoms with Crippen molar-refractivity contribution >= 4 is 22.6 Å². The number of aryl methyl sites for hydroxylation is 1. The Morgan fingerprint density at radius 1 is 1.00 bits per heavy atom. The number of ketones is 1. The molecule has 4 heteroatoms. The molecular formula is C19H18N2O2. The maximum atomic E-state index is 12.6. The molecule has 0 aliphatic rings. The van der Waals surface area contributed by atoms with Gasteiger partial charge in [-0.15, -0.1) is 0 Å². The number of aromatic nitrogens is 1. The summed E-state index contributed by atoms with van der Waals surface area (Å²) in [6.07, 6.45) is 0. The summed E-state index contributed by atoms with van der Waals surface area (Å²) in [6.45, 7) is 3.67. The van der Waals surface area contributed by atoms with Crippen LogP contribution in [-0.2, 0) is 4.79 Å². The number of Topliss-reactive ketones (excluding diaryl/α,β-unsaturated/α-hetero) is 1. The van der Waals surface area contributed by atoms with Crippen LogP contribution >= 0.6 is 0 Å². The second-order valence-electron chi connectivity index (χ2n) is 5.61. The van der Waals surface area contributed by atoms with Crippen LogP contribution in [0, 0.1) is 6.92 Å². The highest BCUT2D eigenvalue weighted by Crippen LogP contribution is 2.22. The minimum atomic E-state index is -0.589. The maximum Gasteiger partial charge on any atom is 0.292 e. The lowest BCUT2D eigenvalue weighted by atomic mass is 10.0. The van der Waals surface area contributed by atoms with Crippen LogP contribution in [0.5, 0.6) is 0 Å². The monoisotopic (exact) mass is 306 g/mol. The number of H-pyrrole nitrogens is 1. The lowest BCUT2D eigenvalue weighted by molar-refractivity contribution is -0.117. The predicted octanol–water partition coefficient (Wildman–Crippen LogP) is 3.54. The van der Waals surface area contributed by atoms with Crippen LogP contribution < -0.4 is 5.32 Å². The molecular weight excluding hydrogens is 288 g/mol. The van der Waals surface area contributed by atoms with E-state index >= 15 is 0 Å². The number of hydrogen-bond donors (Lipinski definition) is 2. The van der Waals surface area contributed by atoms with Crippen LogP contribution in [0.2, 0.25) is 0 Å². The fraction of sp³-hybridized carbons (Fsp3) is 0.158. The molecule has 0 saturated carbocycles. The maximum absolute atomic E-state index is 12.6. The normalized spacial score (nSPS) is 12.1. The highest BCUT2D eigenvalue weighted by atomic mass is 16.2. The molecule has 0 aliphatic carbocycles. The molecule has 3 aromatic rings. The summed E-state index contributed by atoms with van der Waals surface area (Å²) in [4.78, 5) is 28.1. The van der Waals surface area contributed by atoms with E-state index in [2.05, 4.69) is 10.3 Å². The molecule has 1 heterocycles. The molecule has 3 rings (SSSR count). The second kappa shape index (κ2) is 6.08. The van der Waals surface area contributed by atoms with Gasteiger partial charge in [0.15, 0.2) is 0 Å². The fourth-order valence-corrected chi connectivity index (χ4v) is 2.77. The number of rotatable bonds is 4. The SMILES string of the molecule is Cc1[nH]c2ccccc2c1C(=O)C(=O)NC(C)c1ccccc1. The van der Waals surface area contributed by atoms with Gasteiger partial charge in [-0.25, -0.2) is 0 Å². The highest BCUT2D eigenvalue weighted by Gasteiger charge is 2.23. The Morgan fingerprint density at radius 2 is 1.65 bits per heavy atom. The van der Waals surface area contributed by atoms with Crippen molar-refractivity contribution in [1.82, 2.24) is 10.3 Å². The van der Waals surface area contributed by atoms with E-state index in [9.17, 15) is 9.59 Å². The molecule has 0 radical (unpaired) electrons. The lowest BCUT2D eigenvalue weighted by Gasteiger charge is -2.13. The van der Waals surface area contributed by atoms with E-state index in [4.69, 9.17) is 0 Å². The van der Waals surface area contributed by atoms with Crippen LogP contribution in [0.4, 0.5) is 0 Å². The number of carbonyl (C=O) groups excluding carboxylic acids is 2. The first-order valence-electron chi connectivity index (χ1n) is 7.55. The van der Waals surface area contributed by atoms with Crippen molar-refractivity contribution in [3.63, 3.8) is 0 Å². The third kappa shape index (κ3) is 2.88. The summed E-state index contributed by atoms with van der Waals surface area (Å²) in [5.74, 6) is -1.10. The molecule has 1 amide bonds. The molecule has 0 fully saturated rings. The van der Waals surface area contributed by atoms with Crippen molar-refractivity contribution in [2.45, 2.75) is 19.9 Å². The standard InChI is InChI=1S/C19H18N2O2/c1-12(14-8-4-3-5-9-14)21-19(23)18(22)17-13(2)20-16-11-7-6-10-15(16)17/h3-12,20H,1-2H3,(H,21,23). The molecule has 4 nitrogen and oxygen atoms in total. The Balaban J connectivity index is 1.85. The first-order chi connectivity index (χ1) is 11.1. The first kappa shape index (κ1) is 15.0. The van der Waals surface area contributed by atoms with Gasteiger partial charge in [0, 0.05) is 16.6 Å². The van der Waals surface area contributed by atoms with Crippen LogP contribution in [0.1, 0.15) is 34.6 Å². The third-order valence-electron chi connectivity index (χ3n) is 3.97. The Morgan fingerprint density at radius 3 is 2.39 bits per heavy atom. The van der Waals surface area contributed by atoms with E-state index < -0.39 is 11.7 Å². The van der Waals surface area contributed by atoms with Gasteiger partial charge in [-0.3, -0.25) is 9.59 Å². The van der Waals surface area contributed by atoms with E-state index in [0.717, 1.165) is 16.5 Å². The van der Waals surface area contributed by atoms with Gasteiger partial charge in [0.2, 0.25) is 0 Å². The lowest BCUT2D eigenvalue weighted by Crippen LogP contribution is -2.33. The quantitative estimate of drug-likeness (QED) is 0.572. The largest absolute Gasteiger partial charge is 0.358 e. The van der Waals surface area contributed by atoms with E-state index in [1.165, 1.54) is 0 Å². The molecule has 1 aromatic heterocycles. The summed E-state index contributed by atoms with van der Waals surface area (Å²) in [6, 6.07) is 16.8. The number of fused-ring (bicyclic) bond motifs is 1. The Kier molecular flexibility index (Phi) is 3.98. The molecule has 1 unspecified atom stereocenters. The number of carbonyl (C=O) groups is 2.